The highest BCUT2D eigenvalue weighted by atomic mass is 32.2. The first-order valence-electron chi connectivity index (χ1n) is 10.3. The summed E-state index contributed by atoms with van der Waals surface area (Å²) in [5, 5.41) is 0.00269. The van der Waals surface area contributed by atoms with Gasteiger partial charge in [-0.1, -0.05) is 19.9 Å². The number of hydrogen-bond acceptors (Lipinski definition) is 5. The number of methoxy groups -OCH3 is 2. The van der Waals surface area contributed by atoms with Crippen molar-refractivity contribution in [3.05, 3.63) is 23.8 Å². The molecule has 2 saturated heterocycles. The summed E-state index contributed by atoms with van der Waals surface area (Å²) in [4.78, 5) is 28.9. The molecule has 2 fully saturated rings. The smallest absolute Gasteiger partial charge is 0.233 e. The second-order valence-corrected chi connectivity index (χ2v) is 9.31. The fourth-order valence-electron chi connectivity index (χ4n) is 4.06. The number of benzene rings is 1. The number of amides is 2. The van der Waals surface area contributed by atoms with E-state index >= 15 is 0 Å². The Morgan fingerprint density at radius 2 is 1.86 bits per heavy atom. The number of likely N-dealkylation sites (tertiary alicyclic amines) is 1. The summed E-state index contributed by atoms with van der Waals surface area (Å²) in [7, 11) is 3.25. The standard InChI is InChI=1S/C22H32N2O4S/c1-15(2)11-20(25)23-9-7-16(8-10-23)13-24-21(26)14-29-22(24)17-5-6-18(27-3)19(12-17)28-4/h5-6,12,15-16,22H,7-11,13-14H2,1-4H3/t22-/m1/s1. The average molecular weight is 421 g/mol. The minimum absolute atomic E-state index is 0.00269. The average Bonchev–Trinajstić information content (AvgIpc) is 3.07. The molecule has 1 atom stereocenters. The van der Waals surface area contributed by atoms with Crippen LogP contribution in [0.4, 0.5) is 0 Å². The molecule has 0 unspecified atom stereocenters. The number of ether oxygens (including phenoxy) is 2. The lowest BCUT2D eigenvalue weighted by Gasteiger charge is -2.35. The van der Waals surface area contributed by atoms with Gasteiger partial charge in [0.25, 0.3) is 0 Å². The minimum Gasteiger partial charge on any atom is -0.493 e. The lowest BCUT2D eigenvalue weighted by molar-refractivity contribution is -0.134. The Hall–Kier alpha value is -1.89. The van der Waals surface area contributed by atoms with Crippen molar-refractivity contribution in [1.82, 2.24) is 9.80 Å². The van der Waals surface area contributed by atoms with E-state index in [1.807, 2.05) is 28.0 Å². The van der Waals surface area contributed by atoms with Gasteiger partial charge in [0, 0.05) is 26.1 Å². The molecule has 160 valence electrons. The van der Waals surface area contributed by atoms with E-state index in [0.29, 0.717) is 35.5 Å². The number of carbonyl (C=O) groups excluding carboxylic acids is 2. The molecule has 1 aromatic rings. The van der Waals surface area contributed by atoms with Gasteiger partial charge in [-0.15, -0.1) is 11.8 Å². The van der Waals surface area contributed by atoms with E-state index in [2.05, 4.69) is 13.8 Å². The molecule has 6 nitrogen and oxygen atoms in total. The van der Waals surface area contributed by atoms with Crippen LogP contribution in [0.2, 0.25) is 0 Å². The van der Waals surface area contributed by atoms with Gasteiger partial charge in [-0.2, -0.15) is 0 Å². The first-order valence-corrected chi connectivity index (χ1v) is 11.4. The van der Waals surface area contributed by atoms with Crippen molar-refractivity contribution in [1.29, 1.82) is 0 Å². The molecule has 2 aliphatic rings. The number of thioether (sulfide) groups is 1. The van der Waals surface area contributed by atoms with Crippen LogP contribution in [-0.2, 0) is 9.59 Å². The first-order chi connectivity index (χ1) is 13.9. The lowest BCUT2D eigenvalue weighted by atomic mass is 9.95. The van der Waals surface area contributed by atoms with Gasteiger partial charge in [0.1, 0.15) is 5.37 Å². The van der Waals surface area contributed by atoms with Crippen LogP contribution in [0.5, 0.6) is 11.5 Å². The largest absolute Gasteiger partial charge is 0.493 e. The molecule has 7 heteroatoms. The molecule has 0 saturated carbocycles. The van der Waals surface area contributed by atoms with E-state index in [0.717, 1.165) is 38.0 Å². The topological polar surface area (TPSA) is 59.1 Å². The van der Waals surface area contributed by atoms with Crippen LogP contribution in [0.15, 0.2) is 18.2 Å². The summed E-state index contributed by atoms with van der Waals surface area (Å²) in [5.74, 6) is 3.15. The van der Waals surface area contributed by atoms with Gasteiger partial charge in [0.05, 0.1) is 20.0 Å². The predicted molar refractivity (Wildman–Crippen MR) is 115 cm³/mol. The van der Waals surface area contributed by atoms with Crippen LogP contribution in [0.25, 0.3) is 0 Å². The van der Waals surface area contributed by atoms with Crippen molar-refractivity contribution in [2.75, 3.05) is 39.6 Å². The summed E-state index contributed by atoms with van der Waals surface area (Å²) in [6.45, 7) is 6.50. The van der Waals surface area contributed by atoms with Crippen molar-refractivity contribution in [2.24, 2.45) is 11.8 Å². The van der Waals surface area contributed by atoms with Crippen molar-refractivity contribution in [3.63, 3.8) is 0 Å². The van der Waals surface area contributed by atoms with Crippen LogP contribution in [0.3, 0.4) is 0 Å². The molecule has 2 heterocycles. The fourth-order valence-corrected chi connectivity index (χ4v) is 5.24. The predicted octanol–water partition coefficient (Wildman–Crippen LogP) is 3.56. The zero-order chi connectivity index (χ0) is 21.0. The number of carbonyl (C=O) groups is 2. The summed E-state index contributed by atoms with van der Waals surface area (Å²) in [6.07, 6.45) is 2.53. The third-order valence-electron chi connectivity index (χ3n) is 5.67. The summed E-state index contributed by atoms with van der Waals surface area (Å²) < 4.78 is 10.8. The highest BCUT2D eigenvalue weighted by molar-refractivity contribution is 8.00. The lowest BCUT2D eigenvalue weighted by Crippen LogP contribution is -2.42. The Morgan fingerprint density at radius 1 is 1.17 bits per heavy atom. The van der Waals surface area contributed by atoms with Crippen LogP contribution in [-0.4, -0.2) is 61.2 Å². The maximum Gasteiger partial charge on any atom is 0.233 e. The van der Waals surface area contributed by atoms with E-state index in [4.69, 9.17) is 9.47 Å². The highest BCUT2D eigenvalue weighted by Crippen LogP contribution is 2.42. The third-order valence-corrected chi connectivity index (χ3v) is 6.92. The Kier molecular flexibility index (Phi) is 7.33. The van der Waals surface area contributed by atoms with Gasteiger partial charge in [0.2, 0.25) is 11.8 Å². The summed E-state index contributed by atoms with van der Waals surface area (Å²) in [6, 6.07) is 5.88. The first kappa shape index (κ1) is 21.8. The summed E-state index contributed by atoms with van der Waals surface area (Å²) >= 11 is 1.66. The fraction of sp³-hybridized carbons (Fsp3) is 0.636. The molecule has 0 spiro atoms. The Morgan fingerprint density at radius 3 is 2.48 bits per heavy atom. The van der Waals surface area contributed by atoms with Gasteiger partial charge in [-0.25, -0.2) is 0 Å². The number of nitrogens with zero attached hydrogens (tertiary/aromatic N) is 2. The minimum atomic E-state index is 0.00269. The Labute approximate surface area is 177 Å². The van der Waals surface area contributed by atoms with Crippen LogP contribution in [0.1, 0.15) is 44.0 Å². The quantitative estimate of drug-likeness (QED) is 0.675. The van der Waals surface area contributed by atoms with E-state index in [-0.39, 0.29) is 17.2 Å². The maximum absolute atomic E-state index is 12.6. The zero-order valence-corrected chi connectivity index (χ0v) is 18.7. The Balaban J connectivity index is 1.63. The molecule has 0 aromatic heterocycles. The van der Waals surface area contributed by atoms with Crippen molar-refractivity contribution >= 4 is 23.6 Å². The molecule has 0 aliphatic carbocycles. The number of hydrogen-bond donors (Lipinski definition) is 0. The molecular weight excluding hydrogens is 388 g/mol. The molecule has 0 N–H and O–H groups in total. The SMILES string of the molecule is COc1ccc([C@H]2SCC(=O)N2CC2CCN(C(=O)CC(C)C)CC2)cc1OC. The maximum atomic E-state index is 12.6. The molecule has 1 aromatic carbocycles. The Bertz CT molecular complexity index is 732. The zero-order valence-electron chi connectivity index (χ0n) is 17.8. The van der Waals surface area contributed by atoms with E-state index < -0.39 is 0 Å². The van der Waals surface area contributed by atoms with E-state index in [1.54, 1.807) is 26.0 Å². The molecule has 0 bridgehead atoms. The molecule has 0 radical (unpaired) electrons. The third kappa shape index (κ3) is 5.18. The second kappa shape index (κ2) is 9.74. The van der Waals surface area contributed by atoms with Crippen LogP contribution < -0.4 is 9.47 Å². The second-order valence-electron chi connectivity index (χ2n) is 8.25. The monoisotopic (exact) mass is 420 g/mol. The van der Waals surface area contributed by atoms with Crippen molar-refractivity contribution in [2.45, 2.75) is 38.5 Å². The number of piperidine rings is 1. The van der Waals surface area contributed by atoms with Crippen LogP contribution >= 0.6 is 11.8 Å². The van der Waals surface area contributed by atoms with Crippen LogP contribution in [0, 0.1) is 11.8 Å². The van der Waals surface area contributed by atoms with Gasteiger partial charge in [-0.05, 0) is 42.4 Å². The van der Waals surface area contributed by atoms with Crippen molar-refractivity contribution < 1.29 is 19.1 Å². The summed E-state index contributed by atoms with van der Waals surface area (Å²) in [5.41, 5.74) is 1.06. The molecule has 2 amide bonds. The van der Waals surface area contributed by atoms with Gasteiger partial charge >= 0.3 is 0 Å². The molecule has 2 aliphatic heterocycles. The molecule has 3 rings (SSSR count). The van der Waals surface area contributed by atoms with Gasteiger partial charge < -0.3 is 19.3 Å². The molecule has 29 heavy (non-hydrogen) atoms. The van der Waals surface area contributed by atoms with E-state index in [1.165, 1.54) is 0 Å². The number of rotatable bonds is 7. The molecular formula is C22H32N2O4S. The van der Waals surface area contributed by atoms with Gasteiger partial charge in [0.15, 0.2) is 11.5 Å². The van der Waals surface area contributed by atoms with Crippen molar-refractivity contribution in [3.8, 4) is 11.5 Å². The van der Waals surface area contributed by atoms with E-state index in [9.17, 15) is 9.59 Å². The van der Waals surface area contributed by atoms with Gasteiger partial charge in [-0.3, -0.25) is 9.59 Å². The highest BCUT2D eigenvalue weighted by Gasteiger charge is 2.35. The normalized spacial score (nSPS) is 20.4.